The van der Waals surface area contributed by atoms with Crippen LogP contribution in [0.3, 0.4) is 0 Å². The summed E-state index contributed by atoms with van der Waals surface area (Å²) in [6, 6.07) is 7.02. The number of hydrogen-bond donors (Lipinski definition) is 1. The number of aromatic nitrogens is 1. The molecule has 2 rings (SSSR count). The van der Waals surface area contributed by atoms with E-state index in [4.69, 9.17) is 5.73 Å². The zero-order valence-electron chi connectivity index (χ0n) is 9.40. The van der Waals surface area contributed by atoms with Gasteiger partial charge in [-0.05, 0) is 24.3 Å². The van der Waals surface area contributed by atoms with E-state index in [0.29, 0.717) is 16.9 Å². The molecule has 1 aromatic carbocycles. The number of halogens is 2. The highest BCUT2D eigenvalue weighted by atomic mass is 19.3. The molecule has 2 N–H and O–H groups in total. The van der Waals surface area contributed by atoms with Gasteiger partial charge in [0.15, 0.2) is 0 Å². The second-order valence-corrected chi connectivity index (χ2v) is 3.85. The monoisotopic (exact) mass is 237 g/mol. The van der Waals surface area contributed by atoms with Crippen molar-refractivity contribution in [2.24, 2.45) is 0 Å². The van der Waals surface area contributed by atoms with Crippen LogP contribution < -0.4 is 10.6 Å². The second kappa shape index (κ2) is 4.53. The lowest BCUT2D eigenvalue weighted by Crippen LogP contribution is -2.24. The molecule has 0 amide bonds. The molecule has 3 nitrogen and oxygen atoms in total. The standard InChI is InChI=1S/C12H13F2N3/c1-17(7-11(13)14)10-5-4-9(15)12-8(10)3-2-6-16-12/h2-6,11H,7,15H2,1H3. The molecule has 0 spiro atoms. The number of fused-ring (bicyclic) bond motifs is 1. The molecule has 0 saturated carbocycles. The van der Waals surface area contributed by atoms with E-state index in [1.165, 1.54) is 4.90 Å². The van der Waals surface area contributed by atoms with Crippen LogP contribution in [0.4, 0.5) is 20.2 Å². The summed E-state index contributed by atoms with van der Waals surface area (Å²) < 4.78 is 24.7. The number of anilines is 2. The number of nitrogens with zero attached hydrogens (tertiary/aromatic N) is 2. The molecule has 0 unspecified atom stereocenters. The number of nitrogen functional groups attached to an aromatic ring is 1. The highest BCUT2D eigenvalue weighted by Gasteiger charge is 2.12. The topological polar surface area (TPSA) is 42.1 Å². The fourth-order valence-electron chi connectivity index (χ4n) is 1.82. The third kappa shape index (κ3) is 2.27. The zero-order chi connectivity index (χ0) is 12.4. The lowest BCUT2D eigenvalue weighted by atomic mass is 10.1. The number of nitrogens with two attached hydrogens (primary N) is 1. The molecular weight excluding hydrogens is 224 g/mol. The first-order valence-corrected chi connectivity index (χ1v) is 5.22. The Morgan fingerprint density at radius 2 is 2.12 bits per heavy atom. The van der Waals surface area contributed by atoms with Gasteiger partial charge in [-0.25, -0.2) is 8.78 Å². The lowest BCUT2D eigenvalue weighted by molar-refractivity contribution is 0.156. The van der Waals surface area contributed by atoms with E-state index in [2.05, 4.69) is 4.98 Å². The molecule has 2 aromatic rings. The molecule has 5 heteroatoms. The largest absolute Gasteiger partial charge is 0.397 e. The van der Waals surface area contributed by atoms with E-state index in [0.717, 1.165) is 5.39 Å². The molecule has 90 valence electrons. The van der Waals surface area contributed by atoms with Crippen LogP contribution in [-0.4, -0.2) is 25.0 Å². The summed E-state index contributed by atoms with van der Waals surface area (Å²) >= 11 is 0. The van der Waals surface area contributed by atoms with Crippen LogP contribution in [0.1, 0.15) is 0 Å². The Labute approximate surface area is 97.9 Å². The van der Waals surface area contributed by atoms with Crippen LogP contribution in [0, 0.1) is 0 Å². The van der Waals surface area contributed by atoms with Gasteiger partial charge in [-0.3, -0.25) is 4.98 Å². The molecule has 0 aliphatic carbocycles. The molecule has 0 aliphatic rings. The maximum absolute atomic E-state index is 12.4. The number of alkyl halides is 2. The summed E-state index contributed by atoms with van der Waals surface area (Å²) in [4.78, 5) is 5.67. The summed E-state index contributed by atoms with van der Waals surface area (Å²) in [5.41, 5.74) is 7.70. The number of rotatable bonds is 3. The second-order valence-electron chi connectivity index (χ2n) is 3.85. The van der Waals surface area contributed by atoms with Gasteiger partial charge in [-0.1, -0.05) is 0 Å². The van der Waals surface area contributed by atoms with Crippen LogP contribution in [0.15, 0.2) is 30.5 Å². The van der Waals surface area contributed by atoms with Gasteiger partial charge in [-0.2, -0.15) is 0 Å². The SMILES string of the molecule is CN(CC(F)F)c1ccc(N)c2ncccc12. The van der Waals surface area contributed by atoms with Gasteiger partial charge in [0, 0.05) is 24.3 Å². The highest BCUT2D eigenvalue weighted by molar-refractivity contribution is 5.98. The molecule has 0 radical (unpaired) electrons. The minimum atomic E-state index is -2.37. The first kappa shape index (κ1) is 11.6. The van der Waals surface area contributed by atoms with Gasteiger partial charge in [0.2, 0.25) is 0 Å². The Morgan fingerprint density at radius 3 is 2.82 bits per heavy atom. The molecule has 1 aromatic heterocycles. The fourth-order valence-corrected chi connectivity index (χ4v) is 1.82. The van der Waals surface area contributed by atoms with Crippen molar-refractivity contribution in [1.29, 1.82) is 0 Å². The van der Waals surface area contributed by atoms with Crippen LogP contribution in [0.25, 0.3) is 10.9 Å². The number of pyridine rings is 1. The predicted molar refractivity (Wildman–Crippen MR) is 65.4 cm³/mol. The minimum absolute atomic E-state index is 0.312. The smallest absolute Gasteiger partial charge is 0.255 e. The van der Waals surface area contributed by atoms with Crippen molar-refractivity contribution in [3.05, 3.63) is 30.5 Å². The molecule has 17 heavy (non-hydrogen) atoms. The average Bonchev–Trinajstić information content (AvgIpc) is 2.29. The van der Waals surface area contributed by atoms with Crippen LogP contribution >= 0.6 is 0 Å². The van der Waals surface area contributed by atoms with Crippen molar-refractivity contribution in [1.82, 2.24) is 4.98 Å². The third-order valence-corrected chi connectivity index (χ3v) is 2.60. The van der Waals surface area contributed by atoms with E-state index < -0.39 is 6.43 Å². The lowest BCUT2D eigenvalue weighted by Gasteiger charge is -2.20. The van der Waals surface area contributed by atoms with Crippen molar-refractivity contribution in [3.63, 3.8) is 0 Å². The molecule has 0 atom stereocenters. The first-order valence-electron chi connectivity index (χ1n) is 5.22. The van der Waals surface area contributed by atoms with Crippen LogP contribution in [-0.2, 0) is 0 Å². The Hall–Kier alpha value is -1.91. The summed E-state index contributed by atoms with van der Waals surface area (Å²) in [6.45, 7) is -0.312. The molecular formula is C12H13F2N3. The molecule has 0 bridgehead atoms. The molecule has 1 heterocycles. The van der Waals surface area contributed by atoms with E-state index in [9.17, 15) is 8.78 Å². The van der Waals surface area contributed by atoms with Crippen molar-refractivity contribution in [2.45, 2.75) is 6.43 Å². The summed E-state index contributed by atoms with van der Waals surface area (Å²) in [7, 11) is 1.63. The quantitative estimate of drug-likeness (QED) is 0.834. The van der Waals surface area contributed by atoms with Gasteiger partial charge in [0.05, 0.1) is 17.7 Å². The average molecular weight is 237 g/mol. The molecule has 0 aliphatic heterocycles. The minimum Gasteiger partial charge on any atom is -0.397 e. The van der Waals surface area contributed by atoms with Gasteiger partial charge < -0.3 is 10.6 Å². The van der Waals surface area contributed by atoms with Crippen molar-refractivity contribution in [3.8, 4) is 0 Å². The highest BCUT2D eigenvalue weighted by Crippen LogP contribution is 2.28. The Morgan fingerprint density at radius 1 is 1.35 bits per heavy atom. The van der Waals surface area contributed by atoms with Crippen molar-refractivity contribution >= 4 is 22.3 Å². The van der Waals surface area contributed by atoms with Crippen molar-refractivity contribution in [2.75, 3.05) is 24.2 Å². The maximum Gasteiger partial charge on any atom is 0.255 e. The Bertz CT molecular complexity index is 528. The van der Waals surface area contributed by atoms with Gasteiger partial charge in [-0.15, -0.1) is 0 Å². The van der Waals surface area contributed by atoms with E-state index in [-0.39, 0.29) is 6.54 Å². The summed E-state index contributed by atoms with van der Waals surface area (Å²) in [5, 5.41) is 0.788. The Kier molecular flexibility index (Phi) is 3.08. The van der Waals surface area contributed by atoms with Crippen LogP contribution in [0.5, 0.6) is 0 Å². The van der Waals surface area contributed by atoms with Gasteiger partial charge >= 0.3 is 0 Å². The maximum atomic E-state index is 12.4. The van der Waals surface area contributed by atoms with E-state index in [1.807, 2.05) is 6.07 Å². The van der Waals surface area contributed by atoms with Crippen LogP contribution in [0.2, 0.25) is 0 Å². The number of benzene rings is 1. The summed E-state index contributed by atoms with van der Waals surface area (Å²) in [6.07, 6.45) is -0.737. The van der Waals surface area contributed by atoms with E-state index in [1.54, 1.807) is 31.4 Å². The first-order chi connectivity index (χ1) is 8.09. The molecule has 0 saturated heterocycles. The summed E-state index contributed by atoms with van der Waals surface area (Å²) in [5.74, 6) is 0. The fraction of sp³-hybridized carbons (Fsp3) is 0.250. The molecule has 0 fully saturated rings. The zero-order valence-corrected chi connectivity index (χ0v) is 9.40. The normalized spacial score (nSPS) is 11.1. The van der Waals surface area contributed by atoms with Crippen molar-refractivity contribution < 1.29 is 8.78 Å². The van der Waals surface area contributed by atoms with Gasteiger partial charge in [0.25, 0.3) is 6.43 Å². The van der Waals surface area contributed by atoms with Gasteiger partial charge in [0.1, 0.15) is 0 Å². The third-order valence-electron chi connectivity index (χ3n) is 2.60. The predicted octanol–water partition coefficient (Wildman–Crippen LogP) is 2.52. The number of hydrogen-bond acceptors (Lipinski definition) is 3. The Balaban J connectivity index is 2.51. The van der Waals surface area contributed by atoms with E-state index >= 15 is 0 Å².